The van der Waals surface area contributed by atoms with Gasteiger partial charge in [0, 0.05) is 5.56 Å². The Labute approximate surface area is 97.6 Å². The first-order chi connectivity index (χ1) is 6.52. The average molecular weight is 276 g/mol. The minimum Gasteiger partial charge on any atom is -0.292 e. The van der Waals surface area contributed by atoms with Crippen molar-refractivity contribution in [2.24, 2.45) is 0 Å². The Balaban J connectivity index is 2.89. The molecule has 0 aliphatic carbocycles. The molecule has 1 unspecified atom stereocenters. The fraction of sp³-hybridized carbons (Fsp3) is 0.364. The fourth-order valence-electron chi connectivity index (χ4n) is 1.16. The highest BCUT2D eigenvalue weighted by atomic mass is 79.9. The van der Waals surface area contributed by atoms with Gasteiger partial charge in [-0.2, -0.15) is 0 Å². The lowest BCUT2D eigenvalue weighted by Gasteiger charge is -2.06. The summed E-state index contributed by atoms with van der Waals surface area (Å²) in [5.41, 5.74) is 1.87. The van der Waals surface area contributed by atoms with E-state index in [0.717, 1.165) is 0 Å². The van der Waals surface area contributed by atoms with Crippen molar-refractivity contribution >= 4 is 33.3 Å². The zero-order valence-corrected chi connectivity index (χ0v) is 10.5. The van der Waals surface area contributed by atoms with Gasteiger partial charge in [0.2, 0.25) is 0 Å². The Bertz CT molecular complexity index is 317. The van der Waals surface area contributed by atoms with Crippen molar-refractivity contribution in [3.63, 3.8) is 0 Å². The molecule has 3 heteroatoms. The zero-order chi connectivity index (χ0) is 10.7. The maximum Gasteiger partial charge on any atom is 0.191 e. The Morgan fingerprint density at radius 1 is 1.29 bits per heavy atom. The van der Waals surface area contributed by atoms with Gasteiger partial charge in [-0.05, 0) is 11.5 Å². The first kappa shape index (κ1) is 11.7. The van der Waals surface area contributed by atoms with Crippen molar-refractivity contribution in [1.82, 2.24) is 0 Å². The first-order valence-electron chi connectivity index (χ1n) is 4.44. The van der Waals surface area contributed by atoms with Crippen LogP contribution in [0.15, 0.2) is 24.3 Å². The molecule has 0 spiro atoms. The summed E-state index contributed by atoms with van der Waals surface area (Å²) < 4.78 is -0.632. The topological polar surface area (TPSA) is 17.1 Å². The van der Waals surface area contributed by atoms with E-state index in [9.17, 15) is 4.79 Å². The van der Waals surface area contributed by atoms with Crippen LogP contribution in [0, 0.1) is 0 Å². The van der Waals surface area contributed by atoms with Crippen LogP contribution in [0.3, 0.4) is 0 Å². The molecule has 0 N–H and O–H groups in total. The smallest absolute Gasteiger partial charge is 0.191 e. The molecular formula is C11H12BrClO. The molecule has 0 bridgehead atoms. The van der Waals surface area contributed by atoms with E-state index < -0.39 is 4.29 Å². The van der Waals surface area contributed by atoms with E-state index in [1.165, 1.54) is 5.56 Å². The monoisotopic (exact) mass is 274 g/mol. The number of rotatable bonds is 3. The summed E-state index contributed by atoms with van der Waals surface area (Å²) in [5.74, 6) is 0.386. The third-order valence-corrected chi connectivity index (χ3v) is 2.67. The maximum absolute atomic E-state index is 11.4. The van der Waals surface area contributed by atoms with Gasteiger partial charge in [-0.15, -0.1) is 11.6 Å². The molecule has 0 aromatic heterocycles. The van der Waals surface area contributed by atoms with Gasteiger partial charge in [0.1, 0.15) is 0 Å². The average Bonchev–Trinajstić information content (AvgIpc) is 2.16. The molecular weight excluding hydrogens is 263 g/mol. The number of carbonyl (C=O) groups excluding carboxylic acids is 1. The number of halogens is 2. The maximum atomic E-state index is 11.4. The van der Waals surface area contributed by atoms with E-state index in [2.05, 4.69) is 29.8 Å². The van der Waals surface area contributed by atoms with Gasteiger partial charge in [0.25, 0.3) is 0 Å². The second-order valence-electron chi connectivity index (χ2n) is 3.44. The summed E-state index contributed by atoms with van der Waals surface area (Å²) in [6, 6.07) is 7.55. The quantitative estimate of drug-likeness (QED) is 0.603. The Kier molecular flexibility index (Phi) is 4.14. The first-order valence-corrected chi connectivity index (χ1v) is 5.80. The summed E-state index contributed by atoms with van der Waals surface area (Å²) in [4.78, 5) is 11.4. The Morgan fingerprint density at radius 3 is 2.14 bits per heavy atom. The lowest BCUT2D eigenvalue weighted by Crippen LogP contribution is -2.07. The molecule has 0 aliphatic rings. The minimum atomic E-state index is -0.632. The highest BCUT2D eigenvalue weighted by Crippen LogP contribution is 2.18. The second kappa shape index (κ2) is 4.94. The van der Waals surface area contributed by atoms with Crippen molar-refractivity contribution in [1.29, 1.82) is 0 Å². The summed E-state index contributed by atoms with van der Waals surface area (Å²) in [7, 11) is 0. The summed E-state index contributed by atoms with van der Waals surface area (Å²) >= 11 is 8.67. The van der Waals surface area contributed by atoms with Crippen molar-refractivity contribution in [2.75, 3.05) is 0 Å². The predicted molar refractivity (Wildman–Crippen MR) is 63.4 cm³/mol. The minimum absolute atomic E-state index is 0.0954. The van der Waals surface area contributed by atoms with Crippen molar-refractivity contribution < 1.29 is 4.79 Å². The van der Waals surface area contributed by atoms with Crippen LogP contribution < -0.4 is 0 Å². The van der Waals surface area contributed by atoms with Crippen LogP contribution >= 0.6 is 27.5 Å². The molecule has 0 heterocycles. The van der Waals surface area contributed by atoms with Crippen LogP contribution in [0.2, 0.25) is 0 Å². The normalized spacial score (nSPS) is 12.9. The van der Waals surface area contributed by atoms with E-state index in [-0.39, 0.29) is 5.78 Å². The number of hydrogen-bond acceptors (Lipinski definition) is 1. The standard InChI is InChI=1S/C11H12BrClO/c1-7(2)8-3-5-9(6-4-8)10(14)11(12)13/h3-7,11H,1-2H3. The Hall–Kier alpha value is -0.340. The SMILES string of the molecule is CC(C)c1ccc(C(=O)C(Cl)Br)cc1. The van der Waals surface area contributed by atoms with Gasteiger partial charge >= 0.3 is 0 Å². The van der Waals surface area contributed by atoms with E-state index in [1.807, 2.05) is 24.3 Å². The molecule has 1 aromatic rings. The molecule has 76 valence electrons. The van der Waals surface area contributed by atoms with Crippen molar-refractivity contribution in [3.8, 4) is 0 Å². The van der Waals surface area contributed by atoms with E-state index in [0.29, 0.717) is 11.5 Å². The van der Waals surface area contributed by atoms with Gasteiger partial charge in [0.05, 0.1) is 0 Å². The van der Waals surface area contributed by atoms with Crippen LogP contribution in [-0.4, -0.2) is 10.1 Å². The number of carbonyl (C=O) groups is 1. The summed E-state index contributed by atoms with van der Waals surface area (Å²) in [5, 5.41) is 0. The van der Waals surface area contributed by atoms with E-state index in [1.54, 1.807) is 0 Å². The molecule has 14 heavy (non-hydrogen) atoms. The van der Waals surface area contributed by atoms with Crippen LogP contribution in [0.4, 0.5) is 0 Å². The fourth-order valence-corrected chi connectivity index (χ4v) is 1.55. The second-order valence-corrected chi connectivity index (χ2v) is 5.32. The lowest BCUT2D eigenvalue weighted by molar-refractivity contribution is 0.101. The predicted octanol–water partition coefficient (Wildman–Crippen LogP) is 3.95. The molecule has 0 fully saturated rings. The summed E-state index contributed by atoms with van der Waals surface area (Å²) in [6.45, 7) is 4.23. The third-order valence-electron chi connectivity index (χ3n) is 2.06. The molecule has 1 aromatic carbocycles. The molecule has 0 amide bonds. The summed E-state index contributed by atoms with van der Waals surface area (Å²) in [6.07, 6.45) is 0. The van der Waals surface area contributed by atoms with Gasteiger partial charge in [0.15, 0.2) is 10.1 Å². The Morgan fingerprint density at radius 2 is 1.79 bits per heavy atom. The zero-order valence-electron chi connectivity index (χ0n) is 8.13. The highest BCUT2D eigenvalue weighted by molar-refractivity contribution is 9.10. The van der Waals surface area contributed by atoms with Crippen LogP contribution in [0.25, 0.3) is 0 Å². The highest BCUT2D eigenvalue weighted by Gasteiger charge is 2.13. The van der Waals surface area contributed by atoms with Gasteiger partial charge in [-0.3, -0.25) is 4.79 Å². The number of ketones is 1. The number of benzene rings is 1. The van der Waals surface area contributed by atoms with E-state index >= 15 is 0 Å². The molecule has 1 nitrogen and oxygen atoms in total. The molecule has 0 radical (unpaired) electrons. The third kappa shape index (κ3) is 2.82. The number of alkyl halides is 2. The van der Waals surface area contributed by atoms with E-state index in [4.69, 9.17) is 11.6 Å². The largest absolute Gasteiger partial charge is 0.292 e. The number of Topliss-reactive ketones (excluding diaryl/α,β-unsaturated/α-hetero) is 1. The van der Waals surface area contributed by atoms with Gasteiger partial charge in [-0.1, -0.05) is 54.0 Å². The van der Waals surface area contributed by atoms with Crippen molar-refractivity contribution in [2.45, 2.75) is 24.1 Å². The van der Waals surface area contributed by atoms with Crippen LogP contribution in [-0.2, 0) is 0 Å². The lowest BCUT2D eigenvalue weighted by atomic mass is 10.0. The molecule has 0 saturated heterocycles. The number of hydrogen-bond donors (Lipinski definition) is 0. The molecule has 0 saturated carbocycles. The molecule has 1 atom stereocenters. The van der Waals surface area contributed by atoms with Crippen LogP contribution in [0.5, 0.6) is 0 Å². The van der Waals surface area contributed by atoms with Gasteiger partial charge < -0.3 is 0 Å². The van der Waals surface area contributed by atoms with Crippen LogP contribution in [0.1, 0.15) is 35.7 Å². The van der Waals surface area contributed by atoms with Gasteiger partial charge in [-0.25, -0.2) is 0 Å². The molecule has 1 rings (SSSR count). The molecule has 0 aliphatic heterocycles. The van der Waals surface area contributed by atoms with Crippen molar-refractivity contribution in [3.05, 3.63) is 35.4 Å².